The summed E-state index contributed by atoms with van der Waals surface area (Å²) in [6, 6.07) is 8.10. The van der Waals surface area contributed by atoms with E-state index in [-0.39, 0.29) is 0 Å². The monoisotopic (exact) mass is 281 g/mol. The Kier molecular flexibility index (Phi) is 2.79. The van der Waals surface area contributed by atoms with Crippen LogP contribution in [0.2, 0.25) is 0 Å². The Labute approximate surface area is 125 Å². The fourth-order valence-electron chi connectivity index (χ4n) is 4.94. The molecule has 1 heterocycles. The zero-order valence-electron chi connectivity index (χ0n) is 12.9. The van der Waals surface area contributed by atoms with E-state index in [1.165, 1.54) is 25.0 Å². The Morgan fingerprint density at radius 1 is 1.33 bits per heavy atom. The van der Waals surface area contributed by atoms with Gasteiger partial charge in [0.05, 0.1) is 0 Å². The first kappa shape index (κ1) is 13.1. The molecule has 2 aromatic rings. The minimum atomic E-state index is 0.545. The number of H-pyrrole nitrogens is 1. The van der Waals surface area contributed by atoms with Crippen molar-refractivity contribution < 1.29 is 4.79 Å². The molecule has 3 fully saturated rings. The molecule has 2 unspecified atom stereocenters. The van der Waals surface area contributed by atoms with Gasteiger partial charge in [0.25, 0.3) is 0 Å². The van der Waals surface area contributed by atoms with Gasteiger partial charge in [0, 0.05) is 22.2 Å². The molecule has 3 aliphatic rings. The predicted molar refractivity (Wildman–Crippen MR) is 85.5 cm³/mol. The van der Waals surface area contributed by atoms with Crippen molar-refractivity contribution in [1.82, 2.24) is 4.98 Å². The van der Waals surface area contributed by atoms with Gasteiger partial charge in [-0.25, -0.2) is 0 Å². The van der Waals surface area contributed by atoms with Gasteiger partial charge in [-0.3, -0.25) is 4.79 Å². The molecule has 0 aliphatic heterocycles. The van der Waals surface area contributed by atoms with E-state index < -0.39 is 0 Å². The van der Waals surface area contributed by atoms with Crippen LogP contribution in [-0.2, 0) is 6.42 Å². The highest BCUT2D eigenvalue weighted by molar-refractivity contribution is 5.97. The molecule has 0 amide bonds. The quantitative estimate of drug-likeness (QED) is 0.820. The van der Waals surface area contributed by atoms with Crippen LogP contribution in [0, 0.1) is 23.2 Å². The summed E-state index contributed by atoms with van der Waals surface area (Å²) in [5, 5.41) is 1.07. The van der Waals surface area contributed by atoms with E-state index in [0.717, 1.165) is 46.9 Å². The lowest BCUT2D eigenvalue weighted by molar-refractivity contribution is -0.104. The molecule has 3 aliphatic carbocycles. The second-order valence-electron chi connectivity index (χ2n) is 7.62. The Bertz CT molecular complexity index is 695. The number of hydrogen-bond acceptors (Lipinski definition) is 1. The molecular formula is C19H23NO. The number of hydrogen-bond donors (Lipinski definition) is 1. The smallest absolute Gasteiger partial charge is 0.150 e. The minimum Gasteiger partial charge on any atom is -0.358 e. The zero-order chi connectivity index (χ0) is 14.6. The molecule has 5 rings (SSSR count). The van der Waals surface area contributed by atoms with E-state index in [4.69, 9.17) is 0 Å². The van der Waals surface area contributed by atoms with Crippen LogP contribution in [0.25, 0.3) is 10.9 Å². The number of benzene rings is 1. The zero-order valence-corrected chi connectivity index (χ0v) is 12.9. The average Bonchev–Trinajstić information content (AvgIpc) is 2.89. The third-order valence-electron chi connectivity index (χ3n) is 6.36. The second-order valence-corrected chi connectivity index (χ2v) is 7.62. The third-order valence-corrected chi connectivity index (χ3v) is 6.36. The Morgan fingerprint density at radius 2 is 2.19 bits per heavy atom. The molecular weight excluding hydrogens is 258 g/mol. The van der Waals surface area contributed by atoms with Gasteiger partial charge in [-0.1, -0.05) is 26.0 Å². The van der Waals surface area contributed by atoms with Crippen LogP contribution in [0.4, 0.5) is 0 Å². The lowest BCUT2D eigenvalue weighted by atomic mass is 9.45. The van der Waals surface area contributed by atoms with Crippen molar-refractivity contribution in [2.75, 3.05) is 0 Å². The molecule has 2 bridgehead atoms. The van der Waals surface area contributed by atoms with Gasteiger partial charge in [0.15, 0.2) is 6.29 Å². The SMILES string of the molecule is CC1(C)C2CCC(Cc3cc4c(C=O)cccc4[nH]3)[C@@H]1C2. The van der Waals surface area contributed by atoms with Crippen molar-refractivity contribution in [3.05, 3.63) is 35.5 Å². The molecule has 0 radical (unpaired) electrons. The highest BCUT2D eigenvalue weighted by Crippen LogP contribution is 2.61. The normalized spacial score (nSPS) is 30.1. The lowest BCUT2D eigenvalue weighted by Gasteiger charge is -2.60. The Morgan fingerprint density at radius 3 is 2.90 bits per heavy atom. The number of aromatic amines is 1. The van der Waals surface area contributed by atoms with Gasteiger partial charge < -0.3 is 4.98 Å². The number of fused-ring (bicyclic) bond motifs is 3. The molecule has 0 spiro atoms. The van der Waals surface area contributed by atoms with Crippen molar-refractivity contribution in [1.29, 1.82) is 0 Å². The van der Waals surface area contributed by atoms with E-state index in [0.29, 0.717) is 5.41 Å². The van der Waals surface area contributed by atoms with Crippen molar-refractivity contribution >= 4 is 17.2 Å². The largest absolute Gasteiger partial charge is 0.358 e. The van der Waals surface area contributed by atoms with Gasteiger partial charge in [0.2, 0.25) is 0 Å². The number of carbonyl (C=O) groups is 1. The second kappa shape index (κ2) is 4.46. The van der Waals surface area contributed by atoms with Crippen LogP contribution in [0.3, 0.4) is 0 Å². The van der Waals surface area contributed by atoms with Crippen molar-refractivity contribution in [3.8, 4) is 0 Å². The number of carbonyl (C=O) groups excluding carboxylic acids is 1. The van der Waals surface area contributed by atoms with Crippen LogP contribution in [0.1, 0.15) is 49.2 Å². The number of nitrogens with one attached hydrogen (secondary N) is 1. The summed E-state index contributed by atoms with van der Waals surface area (Å²) < 4.78 is 0. The first-order valence-corrected chi connectivity index (χ1v) is 8.15. The average molecular weight is 281 g/mol. The highest BCUT2D eigenvalue weighted by atomic mass is 16.1. The van der Waals surface area contributed by atoms with Crippen LogP contribution in [-0.4, -0.2) is 11.3 Å². The molecule has 2 nitrogen and oxygen atoms in total. The van der Waals surface area contributed by atoms with Crippen LogP contribution in [0.15, 0.2) is 24.3 Å². The molecule has 3 saturated carbocycles. The van der Waals surface area contributed by atoms with Crippen LogP contribution >= 0.6 is 0 Å². The van der Waals surface area contributed by atoms with E-state index in [1.54, 1.807) is 0 Å². The summed E-state index contributed by atoms with van der Waals surface area (Å²) in [5.41, 5.74) is 3.73. The molecule has 1 aromatic carbocycles. The number of aldehydes is 1. The lowest BCUT2D eigenvalue weighted by Crippen LogP contribution is -2.52. The van der Waals surface area contributed by atoms with Crippen molar-refractivity contribution in [3.63, 3.8) is 0 Å². The van der Waals surface area contributed by atoms with Gasteiger partial charge in [-0.2, -0.15) is 0 Å². The van der Waals surface area contributed by atoms with E-state index in [2.05, 4.69) is 31.0 Å². The summed E-state index contributed by atoms with van der Waals surface area (Å²) in [6.07, 6.45) is 6.29. The maximum Gasteiger partial charge on any atom is 0.150 e. The fourth-order valence-corrected chi connectivity index (χ4v) is 4.94. The maximum atomic E-state index is 11.1. The van der Waals surface area contributed by atoms with E-state index >= 15 is 0 Å². The summed E-state index contributed by atoms with van der Waals surface area (Å²) in [7, 11) is 0. The van der Waals surface area contributed by atoms with Gasteiger partial charge in [-0.15, -0.1) is 0 Å². The molecule has 2 heteroatoms. The van der Waals surface area contributed by atoms with Gasteiger partial charge >= 0.3 is 0 Å². The summed E-state index contributed by atoms with van der Waals surface area (Å²) in [4.78, 5) is 14.7. The minimum absolute atomic E-state index is 0.545. The fraction of sp³-hybridized carbons (Fsp3) is 0.526. The maximum absolute atomic E-state index is 11.1. The van der Waals surface area contributed by atoms with Crippen LogP contribution in [0.5, 0.6) is 0 Å². The molecule has 1 aromatic heterocycles. The summed E-state index contributed by atoms with van der Waals surface area (Å²) in [6.45, 7) is 4.90. The molecule has 3 atom stereocenters. The molecule has 21 heavy (non-hydrogen) atoms. The molecule has 1 N–H and O–H groups in total. The predicted octanol–water partition coefficient (Wildman–Crippen LogP) is 4.60. The van der Waals surface area contributed by atoms with E-state index in [9.17, 15) is 4.79 Å². The Balaban J connectivity index is 1.61. The summed E-state index contributed by atoms with van der Waals surface area (Å²) in [5.74, 6) is 2.65. The molecule has 110 valence electrons. The van der Waals surface area contributed by atoms with Crippen LogP contribution < -0.4 is 0 Å². The number of aromatic nitrogens is 1. The first-order chi connectivity index (χ1) is 10.1. The van der Waals surface area contributed by atoms with Gasteiger partial charge in [-0.05, 0) is 61.0 Å². The topological polar surface area (TPSA) is 32.9 Å². The first-order valence-electron chi connectivity index (χ1n) is 8.15. The highest BCUT2D eigenvalue weighted by Gasteiger charge is 2.53. The Hall–Kier alpha value is -1.57. The number of rotatable bonds is 3. The third kappa shape index (κ3) is 1.88. The standard InChI is InChI=1S/C19H23NO/c1-19(2)14-7-6-12(17(19)9-14)8-15-10-16-13(11-21)4-3-5-18(16)20-15/h3-5,10-12,14,17,20H,6-9H2,1-2H3/t12?,14?,17-/m0/s1. The van der Waals surface area contributed by atoms with Gasteiger partial charge in [0.1, 0.15) is 0 Å². The summed E-state index contributed by atoms with van der Waals surface area (Å²) >= 11 is 0. The molecule has 0 saturated heterocycles. The van der Waals surface area contributed by atoms with E-state index in [1.807, 2.05) is 12.1 Å². The van der Waals surface area contributed by atoms with Crippen molar-refractivity contribution in [2.45, 2.75) is 39.5 Å². The van der Waals surface area contributed by atoms with Crippen molar-refractivity contribution in [2.24, 2.45) is 23.2 Å².